The number of aromatic hydroxyl groups is 1. The molecular weight excluding hydrogens is 470 g/mol. The molecule has 2 aromatic carbocycles. The van der Waals surface area contributed by atoms with Crippen LogP contribution in [0.25, 0.3) is 0 Å². The van der Waals surface area contributed by atoms with Crippen molar-refractivity contribution >= 4 is 17.6 Å². The molecule has 2 aromatic rings. The van der Waals surface area contributed by atoms with Crippen molar-refractivity contribution in [3.05, 3.63) is 53.6 Å². The van der Waals surface area contributed by atoms with Crippen LogP contribution in [0.15, 0.2) is 42.5 Å². The standard InChI is InChI=1S/C29H37N3O5/c33-23-6-7-25(29(36)32-14-10-30-11-15-32)27(17-23)31-12-8-20(9-13-31)19-37-24-3-1-2-22(16-24)26(18-28(34)35)21-4-5-21/h1-3,6-7,16-17,20-21,26,30,33H,4-5,8-15,18-19H2,(H,34,35). The van der Waals surface area contributed by atoms with Crippen LogP contribution < -0.4 is 15.0 Å². The number of anilines is 1. The molecule has 5 rings (SSSR count). The van der Waals surface area contributed by atoms with Gasteiger partial charge < -0.3 is 30.1 Å². The summed E-state index contributed by atoms with van der Waals surface area (Å²) in [7, 11) is 0. The fourth-order valence-electron chi connectivity index (χ4n) is 5.63. The van der Waals surface area contributed by atoms with Crippen molar-refractivity contribution in [2.24, 2.45) is 11.8 Å². The number of benzene rings is 2. The monoisotopic (exact) mass is 507 g/mol. The van der Waals surface area contributed by atoms with Crippen molar-refractivity contribution in [1.29, 1.82) is 0 Å². The van der Waals surface area contributed by atoms with Gasteiger partial charge in [-0.3, -0.25) is 9.59 Å². The molecule has 8 heteroatoms. The average molecular weight is 508 g/mol. The normalized spacial score (nSPS) is 19.5. The number of carbonyl (C=O) groups excluding carboxylic acids is 1. The summed E-state index contributed by atoms with van der Waals surface area (Å²) in [6.45, 7) is 5.18. The fourth-order valence-corrected chi connectivity index (χ4v) is 5.63. The molecule has 0 spiro atoms. The lowest BCUT2D eigenvalue weighted by Gasteiger charge is -2.35. The van der Waals surface area contributed by atoms with Gasteiger partial charge in [0.05, 0.1) is 24.3 Å². The first-order valence-corrected chi connectivity index (χ1v) is 13.5. The van der Waals surface area contributed by atoms with E-state index in [4.69, 9.17) is 4.74 Å². The molecule has 1 amide bonds. The van der Waals surface area contributed by atoms with Gasteiger partial charge in [-0.25, -0.2) is 0 Å². The van der Waals surface area contributed by atoms with Gasteiger partial charge in [-0.2, -0.15) is 0 Å². The summed E-state index contributed by atoms with van der Waals surface area (Å²) in [5.41, 5.74) is 2.51. The Morgan fingerprint density at radius 1 is 1.00 bits per heavy atom. The van der Waals surface area contributed by atoms with Gasteiger partial charge in [0.25, 0.3) is 5.91 Å². The summed E-state index contributed by atoms with van der Waals surface area (Å²) in [6, 6.07) is 13.0. The first kappa shape index (κ1) is 25.4. The number of hydrogen-bond acceptors (Lipinski definition) is 6. The maximum absolute atomic E-state index is 13.2. The van der Waals surface area contributed by atoms with Crippen molar-refractivity contribution < 1.29 is 24.5 Å². The van der Waals surface area contributed by atoms with Crippen molar-refractivity contribution in [1.82, 2.24) is 10.2 Å². The van der Waals surface area contributed by atoms with Crippen molar-refractivity contribution in [2.45, 2.75) is 38.0 Å². The van der Waals surface area contributed by atoms with E-state index >= 15 is 0 Å². The van der Waals surface area contributed by atoms with Gasteiger partial charge in [0.15, 0.2) is 0 Å². The van der Waals surface area contributed by atoms with Crippen LogP contribution >= 0.6 is 0 Å². The molecule has 1 unspecified atom stereocenters. The fraction of sp³-hybridized carbons (Fsp3) is 0.517. The van der Waals surface area contributed by atoms with Gasteiger partial charge in [-0.1, -0.05) is 12.1 Å². The molecule has 3 fully saturated rings. The zero-order chi connectivity index (χ0) is 25.8. The van der Waals surface area contributed by atoms with E-state index in [0.717, 1.165) is 68.9 Å². The lowest BCUT2D eigenvalue weighted by atomic mass is 9.91. The number of phenols is 1. The number of carboxylic acid groups (broad SMARTS) is 1. The third-order valence-electron chi connectivity index (χ3n) is 7.93. The quantitative estimate of drug-likeness (QED) is 0.476. The van der Waals surface area contributed by atoms with Crippen molar-refractivity contribution in [3.63, 3.8) is 0 Å². The zero-order valence-electron chi connectivity index (χ0n) is 21.3. The third-order valence-corrected chi connectivity index (χ3v) is 7.93. The Morgan fingerprint density at radius 2 is 1.76 bits per heavy atom. The van der Waals surface area contributed by atoms with Gasteiger partial charge in [-0.15, -0.1) is 0 Å². The molecule has 37 heavy (non-hydrogen) atoms. The Hall–Kier alpha value is -3.26. The predicted octanol–water partition coefficient (Wildman–Crippen LogP) is 3.70. The number of piperidine rings is 1. The lowest BCUT2D eigenvalue weighted by Crippen LogP contribution is -2.47. The van der Waals surface area contributed by atoms with Crippen LogP contribution in [0.4, 0.5) is 5.69 Å². The number of piperazine rings is 1. The summed E-state index contributed by atoms with van der Waals surface area (Å²) in [5, 5.41) is 22.8. The first-order chi connectivity index (χ1) is 18.0. The molecule has 2 heterocycles. The van der Waals surface area contributed by atoms with Gasteiger partial charge in [0.2, 0.25) is 0 Å². The molecule has 1 aliphatic carbocycles. The van der Waals surface area contributed by atoms with E-state index < -0.39 is 5.97 Å². The molecule has 2 aliphatic heterocycles. The smallest absolute Gasteiger partial charge is 0.303 e. The third kappa shape index (κ3) is 6.36. The number of aliphatic carboxylic acids is 1. The molecule has 0 radical (unpaired) electrons. The van der Waals surface area contributed by atoms with Gasteiger partial charge in [0.1, 0.15) is 11.5 Å². The number of carboxylic acids is 1. The SMILES string of the molecule is O=C(O)CC(c1cccc(OCC2CCN(c3cc(O)ccc3C(=O)N3CCNCC3)CC2)c1)C1CC1. The molecule has 1 saturated carbocycles. The summed E-state index contributed by atoms with van der Waals surface area (Å²) in [6.07, 6.45) is 4.23. The highest BCUT2D eigenvalue weighted by atomic mass is 16.5. The van der Waals surface area contributed by atoms with Crippen LogP contribution in [0.2, 0.25) is 0 Å². The number of phenolic OH excluding ortho intramolecular Hbond substituents is 1. The van der Waals surface area contributed by atoms with E-state index in [1.807, 2.05) is 29.2 Å². The number of amides is 1. The molecule has 1 atom stereocenters. The van der Waals surface area contributed by atoms with E-state index in [1.165, 1.54) is 0 Å². The van der Waals surface area contributed by atoms with Crippen LogP contribution in [0.5, 0.6) is 11.5 Å². The second-order valence-electron chi connectivity index (χ2n) is 10.6. The van der Waals surface area contributed by atoms with Crippen LogP contribution in [0.3, 0.4) is 0 Å². The summed E-state index contributed by atoms with van der Waals surface area (Å²) < 4.78 is 6.17. The van der Waals surface area contributed by atoms with Crippen molar-refractivity contribution in [3.8, 4) is 11.5 Å². The Morgan fingerprint density at radius 3 is 2.46 bits per heavy atom. The Kier molecular flexibility index (Phi) is 7.84. The maximum atomic E-state index is 13.2. The highest BCUT2D eigenvalue weighted by Gasteiger charge is 2.34. The molecule has 3 N–H and O–H groups in total. The predicted molar refractivity (Wildman–Crippen MR) is 141 cm³/mol. The van der Waals surface area contributed by atoms with Gasteiger partial charge in [-0.05, 0) is 73.3 Å². The van der Waals surface area contributed by atoms with E-state index in [1.54, 1.807) is 18.2 Å². The van der Waals surface area contributed by atoms with E-state index in [-0.39, 0.29) is 24.0 Å². The number of nitrogens with one attached hydrogen (secondary N) is 1. The molecule has 0 bridgehead atoms. The highest BCUT2D eigenvalue weighted by Crippen LogP contribution is 2.45. The maximum Gasteiger partial charge on any atom is 0.303 e. The van der Waals surface area contributed by atoms with Gasteiger partial charge in [0, 0.05) is 45.3 Å². The highest BCUT2D eigenvalue weighted by molar-refractivity contribution is 6.00. The van der Waals surface area contributed by atoms with E-state index in [0.29, 0.717) is 37.1 Å². The number of ether oxygens (including phenoxy) is 1. The van der Waals surface area contributed by atoms with Crippen LogP contribution in [-0.4, -0.2) is 72.9 Å². The average Bonchev–Trinajstić information content (AvgIpc) is 3.76. The minimum absolute atomic E-state index is 0.0224. The minimum Gasteiger partial charge on any atom is -0.508 e. The van der Waals surface area contributed by atoms with Crippen molar-refractivity contribution in [2.75, 3.05) is 50.8 Å². The number of carbonyl (C=O) groups is 2. The topological polar surface area (TPSA) is 102 Å². The zero-order valence-corrected chi connectivity index (χ0v) is 21.3. The summed E-state index contributed by atoms with van der Waals surface area (Å²) in [5.74, 6) is 1.16. The minimum atomic E-state index is -0.750. The van der Waals surface area contributed by atoms with Crippen LogP contribution in [-0.2, 0) is 4.79 Å². The second kappa shape index (κ2) is 11.4. The summed E-state index contributed by atoms with van der Waals surface area (Å²) >= 11 is 0. The van der Waals surface area contributed by atoms with Crippen LogP contribution in [0.1, 0.15) is 53.9 Å². The molecule has 3 aliphatic rings. The summed E-state index contributed by atoms with van der Waals surface area (Å²) in [4.78, 5) is 28.6. The number of hydrogen-bond donors (Lipinski definition) is 3. The lowest BCUT2D eigenvalue weighted by molar-refractivity contribution is -0.137. The Labute approximate surface area is 218 Å². The second-order valence-corrected chi connectivity index (χ2v) is 10.6. The van der Waals surface area contributed by atoms with Gasteiger partial charge >= 0.3 is 5.97 Å². The number of rotatable bonds is 9. The molecule has 8 nitrogen and oxygen atoms in total. The first-order valence-electron chi connectivity index (χ1n) is 13.5. The largest absolute Gasteiger partial charge is 0.508 e. The molecule has 0 aromatic heterocycles. The molecular formula is C29H37N3O5. The van der Waals surface area contributed by atoms with E-state index in [2.05, 4.69) is 10.2 Å². The Balaban J connectivity index is 1.18. The molecule has 2 saturated heterocycles. The van der Waals surface area contributed by atoms with Crippen LogP contribution in [0, 0.1) is 11.8 Å². The Bertz CT molecular complexity index is 1100. The van der Waals surface area contributed by atoms with E-state index in [9.17, 15) is 19.8 Å². The number of nitrogens with zero attached hydrogens (tertiary/aromatic N) is 2. The molecule has 198 valence electrons.